The summed E-state index contributed by atoms with van der Waals surface area (Å²) in [6.45, 7) is 35.6. The van der Waals surface area contributed by atoms with E-state index in [0.717, 1.165) is 89.4 Å². The molecule has 2 aromatic heterocycles. The summed E-state index contributed by atoms with van der Waals surface area (Å²) in [6, 6.07) is 25.0. The van der Waals surface area contributed by atoms with Gasteiger partial charge in [-0.15, -0.1) is 0 Å². The third kappa shape index (κ3) is 9.04. The maximum atomic E-state index is 7.22. The van der Waals surface area contributed by atoms with Crippen molar-refractivity contribution in [3.05, 3.63) is 106 Å². The summed E-state index contributed by atoms with van der Waals surface area (Å²) in [4.78, 5) is 33.7. The molecule has 6 bridgehead atoms. The Morgan fingerprint density at radius 1 is 0.342 bits per heavy atom. The standard InChI is InChI=1S/C60H72N8O4.Pb/c1-29(2)49(30(3)4)69-41-25-17-21-37-45(41)57-61-53(37)66-58-47-39(23-19-27-43(47)71-51(33(9)10)34(11)12)55(63-58)68-60-48-40(24-20-28-44(48)72-52(35(13)14)36(15)16)56(64-60)67-59-46-38(54(62-59)65-57)22-18-26-42(46)70-50(31(5)6)32(7)8;/h17-36,49-52H,1-16H3;/q-2;+4. The van der Waals surface area contributed by atoms with Crippen LogP contribution in [0.25, 0.3) is 21.5 Å². The molecule has 0 N–H and O–H groups in total. The molecule has 73 heavy (non-hydrogen) atoms. The van der Waals surface area contributed by atoms with E-state index in [4.69, 9.17) is 48.9 Å². The molecule has 4 aliphatic rings. The van der Waals surface area contributed by atoms with Gasteiger partial charge in [0.25, 0.3) is 0 Å². The zero-order valence-electron chi connectivity index (χ0n) is 45.6. The van der Waals surface area contributed by atoms with Crippen molar-refractivity contribution in [2.75, 3.05) is 0 Å². The van der Waals surface area contributed by atoms with Crippen molar-refractivity contribution in [3.8, 4) is 23.0 Å². The van der Waals surface area contributed by atoms with E-state index in [1.165, 1.54) is 0 Å². The Bertz CT molecular complexity index is 3370. The average molecular weight is 1180 g/mol. The summed E-state index contributed by atoms with van der Waals surface area (Å²) in [5.41, 5.74) is 4.85. The number of hydrogen-bond donors (Lipinski definition) is 0. The molecule has 0 aliphatic carbocycles. The number of aliphatic imine (C=N–C) groups is 4. The van der Waals surface area contributed by atoms with Gasteiger partial charge >= 0.3 is 447 Å². The Morgan fingerprint density at radius 2 is 0.712 bits per heavy atom. The molecule has 378 valence electrons. The summed E-state index contributed by atoms with van der Waals surface area (Å²) in [6.07, 6.45) is -0.219. The number of benzene rings is 4. The Balaban J connectivity index is 1.38. The van der Waals surface area contributed by atoms with Gasteiger partial charge in [0.2, 0.25) is 0 Å². The first kappa shape index (κ1) is 50.9. The monoisotopic (exact) mass is 1180 g/mol. The van der Waals surface area contributed by atoms with Gasteiger partial charge in [-0.3, -0.25) is 0 Å². The van der Waals surface area contributed by atoms with Crippen LogP contribution in [0.1, 0.15) is 133 Å². The van der Waals surface area contributed by atoms with E-state index in [-0.39, 0.29) is 71.8 Å². The summed E-state index contributed by atoms with van der Waals surface area (Å²) < 4.78 is 33.3. The first-order valence-electron chi connectivity index (χ1n) is 26.7. The number of amidine groups is 4. The van der Waals surface area contributed by atoms with Gasteiger partial charge in [0, 0.05) is 0 Å². The molecule has 10 rings (SSSR count). The van der Waals surface area contributed by atoms with Crippen molar-refractivity contribution in [1.29, 1.82) is 0 Å². The van der Waals surface area contributed by atoms with Crippen molar-refractivity contribution < 1.29 is 18.9 Å². The van der Waals surface area contributed by atoms with E-state index < -0.39 is 24.8 Å². The van der Waals surface area contributed by atoms with Crippen LogP contribution >= 0.6 is 0 Å². The quantitative estimate of drug-likeness (QED) is 0.0896. The van der Waals surface area contributed by atoms with Crippen LogP contribution in [-0.4, -0.2) is 77.3 Å². The second-order valence-electron chi connectivity index (χ2n) is 23.0. The fourth-order valence-electron chi connectivity index (χ4n) is 11.5. The van der Waals surface area contributed by atoms with Gasteiger partial charge in [-0.25, -0.2) is 0 Å². The fourth-order valence-corrected chi connectivity index (χ4v) is 16.3. The van der Waals surface area contributed by atoms with Crippen LogP contribution in [0.15, 0.2) is 103 Å². The average Bonchev–Trinajstić information content (AvgIpc) is 4.04. The third-order valence-corrected chi connectivity index (χ3v) is 19.4. The van der Waals surface area contributed by atoms with Crippen molar-refractivity contribution >= 4 is 81.4 Å². The molecule has 12 nitrogen and oxygen atoms in total. The molecule has 0 amide bonds. The number of nitrogens with zero attached hydrogens (tertiary/aromatic N) is 8. The van der Waals surface area contributed by atoms with Gasteiger partial charge < -0.3 is 0 Å². The van der Waals surface area contributed by atoms with Crippen LogP contribution in [0.4, 0.5) is 11.6 Å². The molecule has 0 saturated carbocycles. The van der Waals surface area contributed by atoms with Gasteiger partial charge in [-0.1, -0.05) is 0 Å². The molecule has 0 radical (unpaired) electrons. The molecule has 4 aliphatic heterocycles. The predicted molar refractivity (Wildman–Crippen MR) is 297 cm³/mol. The summed E-state index contributed by atoms with van der Waals surface area (Å²) in [7, 11) is 0. The number of fused-ring (bicyclic) bond motifs is 14. The van der Waals surface area contributed by atoms with E-state index in [0.29, 0.717) is 23.3 Å². The van der Waals surface area contributed by atoms with Crippen LogP contribution < -0.4 is 29.9 Å². The van der Waals surface area contributed by atoms with Gasteiger partial charge in [0.15, 0.2) is 0 Å². The van der Waals surface area contributed by atoms with E-state index in [2.05, 4.69) is 176 Å². The van der Waals surface area contributed by atoms with Crippen molar-refractivity contribution in [2.45, 2.75) is 135 Å². The number of rotatable bonds is 16. The van der Waals surface area contributed by atoms with E-state index >= 15 is 0 Å². The molecule has 0 atom stereocenters. The molecule has 0 spiro atoms. The Morgan fingerprint density at radius 3 is 1.21 bits per heavy atom. The topological polar surface area (TPSA) is 121 Å². The molecule has 0 fully saturated rings. The van der Waals surface area contributed by atoms with Crippen LogP contribution in [0, 0.1) is 47.3 Å². The van der Waals surface area contributed by atoms with Crippen LogP contribution in [-0.2, 0) is 0 Å². The van der Waals surface area contributed by atoms with Crippen LogP contribution in [0.3, 0.4) is 0 Å². The molecular formula is C60H72N8O4Pb+2. The van der Waals surface area contributed by atoms with Crippen molar-refractivity contribution in [3.63, 3.8) is 0 Å². The molecule has 0 unspecified atom stereocenters. The molecule has 6 aromatic rings. The third-order valence-electron chi connectivity index (χ3n) is 14.6. The minimum absolute atomic E-state index is 0.0462. The number of aromatic nitrogens is 2. The van der Waals surface area contributed by atoms with Crippen LogP contribution in [0.5, 0.6) is 23.0 Å². The normalized spacial score (nSPS) is 14.7. The fraction of sp³-hybridized carbons (Fsp3) is 0.467. The zero-order chi connectivity index (χ0) is 51.9. The molecular weight excluding hydrogens is 1100 g/mol. The summed E-state index contributed by atoms with van der Waals surface area (Å²) in [5, 5.41) is 3.59. The second-order valence-corrected chi connectivity index (χ2v) is 27.3. The van der Waals surface area contributed by atoms with Gasteiger partial charge in [-0.2, -0.15) is 0 Å². The second kappa shape index (κ2) is 19.9. The summed E-state index contributed by atoms with van der Waals surface area (Å²) >= 11 is -2.57. The number of ether oxygens (including phenoxy) is 4. The Hall–Kier alpha value is -5.64. The first-order valence-corrected chi connectivity index (χ1v) is 30.1. The maximum absolute atomic E-state index is 7.22. The number of hydrogen-bond acceptors (Lipinski definition) is 10. The zero-order valence-corrected chi connectivity index (χ0v) is 49.5. The molecule has 13 heteroatoms. The van der Waals surface area contributed by atoms with Gasteiger partial charge in [0.1, 0.15) is 0 Å². The summed E-state index contributed by atoms with van der Waals surface area (Å²) in [5.74, 6) is 8.75. The minimum atomic E-state index is -2.57. The van der Waals surface area contributed by atoms with E-state index in [1.54, 1.807) is 0 Å². The molecule has 6 heterocycles. The van der Waals surface area contributed by atoms with Crippen LogP contribution in [0.2, 0.25) is 0 Å². The van der Waals surface area contributed by atoms with Gasteiger partial charge in [-0.05, 0) is 0 Å². The Kier molecular flexibility index (Phi) is 13.9. The Labute approximate surface area is 443 Å². The SMILES string of the molecule is CC(C)C(Oc1cccc2c1C1=NC2=Nc2c3c(OC(C(C)C)C(C)C)cccc3c3[n]2[Pb+2][n]2c(c4cccc(OC(C(C)C)C(C)C)c4c2=NC2=NC(=N3)c3c(OC(C(C)C)C(C)C)cccc32)=N1)C(C)C. The van der Waals surface area contributed by atoms with Crippen molar-refractivity contribution in [1.82, 2.24) is 4.75 Å². The molecule has 4 aromatic carbocycles. The predicted octanol–water partition coefficient (Wildman–Crippen LogP) is 12.7. The van der Waals surface area contributed by atoms with E-state index in [9.17, 15) is 0 Å². The van der Waals surface area contributed by atoms with Gasteiger partial charge in [0.05, 0.1) is 0 Å². The first-order chi connectivity index (χ1) is 34.8. The molecule has 0 saturated heterocycles. The van der Waals surface area contributed by atoms with E-state index in [1.807, 2.05) is 12.1 Å². The van der Waals surface area contributed by atoms with Crippen molar-refractivity contribution in [2.24, 2.45) is 77.3 Å².